The van der Waals surface area contributed by atoms with E-state index in [1.807, 2.05) is 6.07 Å². The Morgan fingerprint density at radius 3 is 2.57 bits per heavy atom. The van der Waals surface area contributed by atoms with Gasteiger partial charge in [0.05, 0.1) is 6.10 Å². The van der Waals surface area contributed by atoms with Crippen LogP contribution in [0.1, 0.15) is 22.9 Å². The highest BCUT2D eigenvalue weighted by Gasteiger charge is 2.10. The van der Waals surface area contributed by atoms with E-state index in [2.05, 4.69) is 15.0 Å². The molecule has 1 atom stereocenters. The molecule has 0 aliphatic rings. The second-order valence-corrected chi connectivity index (χ2v) is 4.82. The van der Waals surface area contributed by atoms with Crippen LogP contribution in [-0.2, 0) is 0 Å². The number of aryl methyl sites for hydroxylation is 1. The zero-order valence-corrected chi connectivity index (χ0v) is 12.3. The molecule has 0 aliphatic heterocycles. The molecule has 0 fully saturated rings. The van der Waals surface area contributed by atoms with Gasteiger partial charge in [0.25, 0.3) is 0 Å². The third kappa shape index (κ3) is 4.63. The number of pyridine rings is 1. The van der Waals surface area contributed by atoms with Crippen LogP contribution in [0, 0.1) is 18.3 Å². The van der Waals surface area contributed by atoms with Crippen molar-refractivity contribution in [2.75, 3.05) is 11.9 Å². The van der Waals surface area contributed by atoms with E-state index < -0.39 is 12.7 Å². The van der Waals surface area contributed by atoms with Gasteiger partial charge in [0.1, 0.15) is 23.3 Å². The standard InChI is InChI=1S/C16H15F2N3O2/c1-10-2-7-15(21-13(10)8-19)20-9-14(22)11-3-5-12(6-4-11)23-16(17)18/h2-7,14,16,22H,9H2,1H3,(H,20,21). The van der Waals surface area contributed by atoms with Crippen molar-refractivity contribution in [2.45, 2.75) is 19.6 Å². The Balaban J connectivity index is 1.97. The molecule has 23 heavy (non-hydrogen) atoms. The minimum atomic E-state index is -2.88. The number of aliphatic hydroxyl groups excluding tert-OH is 1. The Morgan fingerprint density at radius 1 is 1.26 bits per heavy atom. The molecule has 120 valence electrons. The van der Waals surface area contributed by atoms with E-state index in [-0.39, 0.29) is 12.3 Å². The third-order valence-electron chi connectivity index (χ3n) is 3.17. The lowest BCUT2D eigenvalue weighted by molar-refractivity contribution is -0.0498. The highest BCUT2D eigenvalue weighted by molar-refractivity contribution is 5.42. The van der Waals surface area contributed by atoms with Crippen molar-refractivity contribution in [3.8, 4) is 11.8 Å². The van der Waals surface area contributed by atoms with Gasteiger partial charge in [-0.3, -0.25) is 0 Å². The van der Waals surface area contributed by atoms with Crippen LogP contribution < -0.4 is 10.1 Å². The predicted octanol–water partition coefficient (Wildman–Crippen LogP) is 3.01. The number of anilines is 1. The lowest BCUT2D eigenvalue weighted by atomic mass is 10.1. The molecule has 0 saturated carbocycles. The largest absolute Gasteiger partial charge is 0.435 e. The molecule has 0 aliphatic carbocycles. The van der Waals surface area contributed by atoms with E-state index in [1.54, 1.807) is 19.1 Å². The average Bonchev–Trinajstić information content (AvgIpc) is 2.54. The minimum Gasteiger partial charge on any atom is -0.435 e. The van der Waals surface area contributed by atoms with Crippen LogP contribution in [0.3, 0.4) is 0 Å². The number of hydrogen-bond donors (Lipinski definition) is 2. The van der Waals surface area contributed by atoms with Gasteiger partial charge in [0.15, 0.2) is 0 Å². The fourth-order valence-electron chi connectivity index (χ4n) is 1.93. The number of nitriles is 1. The summed E-state index contributed by atoms with van der Waals surface area (Å²) in [5.41, 5.74) is 1.64. The second kappa shape index (κ2) is 7.51. The van der Waals surface area contributed by atoms with E-state index in [0.29, 0.717) is 17.1 Å². The molecular formula is C16H15F2N3O2. The average molecular weight is 319 g/mol. The van der Waals surface area contributed by atoms with Crippen LogP contribution >= 0.6 is 0 Å². The third-order valence-corrected chi connectivity index (χ3v) is 3.17. The number of ether oxygens (including phenoxy) is 1. The maximum atomic E-state index is 12.1. The van der Waals surface area contributed by atoms with E-state index >= 15 is 0 Å². The van der Waals surface area contributed by atoms with E-state index in [9.17, 15) is 13.9 Å². The Labute approximate surface area is 132 Å². The molecule has 2 N–H and O–H groups in total. The maximum Gasteiger partial charge on any atom is 0.387 e. The Hall–Kier alpha value is -2.72. The van der Waals surface area contributed by atoms with E-state index in [0.717, 1.165) is 5.56 Å². The summed E-state index contributed by atoms with van der Waals surface area (Å²) in [7, 11) is 0. The van der Waals surface area contributed by atoms with Crippen molar-refractivity contribution < 1.29 is 18.6 Å². The molecule has 5 nitrogen and oxygen atoms in total. The number of rotatable bonds is 6. The first-order valence-corrected chi connectivity index (χ1v) is 6.84. The van der Waals surface area contributed by atoms with Crippen LogP contribution in [0.2, 0.25) is 0 Å². The first-order valence-electron chi connectivity index (χ1n) is 6.84. The highest BCUT2D eigenvalue weighted by atomic mass is 19.3. The number of aromatic nitrogens is 1. The number of aliphatic hydroxyl groups is 1. The summed E-state index contributed by atoms with van der Waals surface area (Å²) < 4.78 is 28.4. The molecule has 0 spiro atoms. The van der Waals surface area contributed by atoms with Crippen molar-refractivity contribution in [1.29, 1.82) is 5.26 Å². The Morgan fingerprint density at radius 2 is 1.96 bits per heavy atom. The van der Waals surface area contributed by atoms with Crippen LogP contribution in [-0.4, -0.2) is 23.2 Å². The molecule has 2 rings (SSSR count). The summed E-state index contributed by atoms with van der Waals surface area (Å²) in [4.78, 5) is 4.12. The molecule has 1 aromatic heterocycles. The number of halogens is 2. The normalized spacial score (nSPS) is 11.8. The van der Waals surface area contributed by atoms with Crippen LogP contribution in [0.15, 0.2) is 36.4 Å². The fourth-order valence-corrected chi connectivity index (χ4v) is 1.93. The molecule has 0 saturated heterocycles. The molecule has 7 heteroatoms. The van der Waals surface area contributed by atoms with Crippen molar-refractivity contribution in [3.63, 3.8) is 0 Å². The SMILES string of the molecule is Cc1ccc(NCC(O)c2ccc(OC(F)F)cc2)nc1C#N. The lowest BCUT2D eigenvalue weighted by Gasteiger charge is -2.14. The van der Waals surface area contributed by atoms with Gasteiger partial charge in [0.2, 0.25) is 0 Å². The molecular weight excluding hydrogens is 304 g/mol. The molecule has 0 amide bonds. The molecule has 0 bridgehead atoms. The van der Waals surface area contributed by atoms with Gasteiger partial charge >= 0.3 is 6.61 Å². The zero-order chi connectivity index (χ0) is 16.8. The highest BCUT2D eigenvalue weighted by Crippen LogP contribution is 2.20. The topological polar surface area (TPSA) is 78.2 Å². The number of nitrogens with one attached hydrogen (secondary N) is 1. The molecule has 0 radical (unpaired) electrons. The number of nitrogens with zero attached hydrogens (tertiary/aromatic N) is 2. The monoisotopic (exact) mass is 319 g/mol. The van der Waals surface area contributed by atoms with Gasteiger partial charge in [-0.15, -0.1) is 0 Å². The lowest BCUT2D eigenvalue weighted by Crippen LogP contribution is -2.13. The van der Waals surface area contributed by atoms with Crippen LogP contribution in [0.5, 0.6) is 5.75 Å². The summed E-state index contributed by atoms with van der Waals surface area (Å²) in [5.74, 6) is 0.506. The summed E-state index contributed by atoms with van der Waals surface area (Å²) >= 11 is 0. The van der Waals surface area contributed by atoms with Crippen LogP contribution in [0.4, 0.5) is 14.6 Å². The second-order valence-electron chi connectivity index (χ2n) is 4.82. The molecule has 2 aromatic rings. The summed E-state index contributed by atoms with van der Waals surface area (Å²) in [6.07, 6.45) is -0.857. The number of alkyl halides is 2. The fraction of sp³-hybridized carbons (Fsp3) is 0.250. The van der Waals surface area contributed by atoms with E-state index in [1.165, 1.54) is 24.3 Å². The summed E-state index contributed by atoms with van der Waals surface area (Å²) in [5, 5.41) is 22.0. The van der Waals surface area contributed by atoms with Crippen LogP contribution in [0.25, 0.3) is 0 Å². The maximum absolute atomic E-state index is 12.1. The van der Waals surface area contributed by atoms with Crippen molar-refractivity contribution >= 4 is 5.82 Å². The molecule has 1 unspecified atom stereocenters. The zero-order valence-electron chi connectivity index (χ0n) is 12.3. The van der Waals surface area contributed by atoms with Crippen molar-refractivity contribution in [1.82, 2.24) is 4.98 Å². The van der Waals surface area contributed by atoms with Crippen molar-refractivity contribution in [3.05, 3.63) is 53.2 Å². The van der Waals surface area contributed by atoms with E-state index in [4.69, 9.17) is 5.26 Å². The van der Waals surface area contributed by atoms with Crippen molar-refractivity contribution in [2.24, 2.45) is 0 Å². The van der Waals surface area contributed by atoms with Gasteiger partial charge in [-0.05, 0) is 36.2 Å². The van der Waals surface area contributed by atoms with Gasteiger partial charge in [-0.1, -0.05) is 18.2 Å². The van der Waals surface area contributed by atoms with Gasteiger partial charge in [-0.2, -0.15) is 14.0 Å². The van der Waals surface area contributed by atoms with Gasteiger partial charge in [0, 0.05) is 6.54 Å². The summed E-state index contributed by atoms with van der Waals surface area (Å²) in [6, 6.07) is 11.2. The molecule has 1 heterocycles. The number of hydrogen-bond acceptors (Lipinski definition) is 5. The minimum absolute atomic E-state index is 0.0303. The van der Waals surface area contributed by atoms with Gasteiger partial charge in [-0.25, -0.2) is 4.98 Å². The Bertz CT molecular complexity index is 699. The summed E-state index contributed by atoms with van der Waals surface area (Å²) in [6.45, 7) is -0.933. The molecule has 1 aromatic carbocycles. The first kappa shape index (κ1) is 16.6. The predicted molar refractivity (Wildman–Crippen MR) is 80.2 cm³/mol. The smallest absolute Gasteiger partial charge is 0.387 e. The quantitative estimate of drug-likeness (QED) is 0.856. The Kier molecular flexibility index (Phi) is 5.44. The first-order chi connectivity index (χ1) is 11.0. The number of benzene rings is 1. The van der Waals surface area contributed by atoms with Gasteiger partial charge < -0.3 is 15.2 Å².